The number of rotatable bonds is 12. The molecule has 38 heavy (non-hydrogen) atoms. The predicted octanol–water partition coefficient (Wildman–Crippen LogP) is 3.87. The maximum absolute atomic E-state index is 13.3. The number of hydrogen-bond acceptors (Lipinski definition) is 7. The van der Waals surface area contributed by atoms with Crippen molar-refractivity contribution in [3.05, 3.63) is 53.1 Å². The Balaban J connectivity index is 1.73. The van der Waals surface area contributed by atoms with Crippen LogP contribution in [0.5, 0.6) is 5.75 Å². The Hall–Kier alpha value is -2.68. The molecule has 0 bridgehead atoms. The van der Waals surface area contributed by atoms with Crippen molar-refractivity contribution in [3.63, 3.8) is 0 Å². The van der Waals surface area contributed by atoms with Crippen molar-refractivity contribution in [1.82, 2.24) is 0 Å². The first kappa shape index (κ1) is 29.9. The lowest BCUT2D eigenvalue weighted by Crippen LogP contribution is -2.44. The van der Waals surface area contributed by atoms with Gasteiger partial charge in [-0.05, 0) is 68.1 Å². The van der Waals surface area contributed by atoms with E-state index in [1.807, 2.05) is 51.1 Å². The van der Waals surface area contributed by atoms with Gasteiger partial charge in [-0.1, -0.05) is 50.3 Å². The number of benzene rings is 1. The molecule has 8 atom stereocenters. The molecule has 8 nitrogen and oxygen atoms in total. The van der Waals surface area contributed by atoms with Gasteiger partial charge in [0.25, 0.3) is 0 Å². The Morgan fingerprint density at radius 2 is 1.82 bits per heavy atom. The van der Waals surface area contributed by atoms with Crippen molar-refractivity contribution < 1.29 is 39.5 Å². The number of aliphatic hydroxyl groups is 3. The molecule has 3 rings (SSSR count). The van der Waals surface area contributed by atoms with Crippen molar-refractivity contribution in [2.75, 3.05) is 0 Å². The van der Waals surface area contributed by atoms with Gasteiger partial charge in [-0.15, -0.1) is 0 Å². The third-order valence-corrected chi connectivity index (χ3v) is 7.73. The normalized spacial score (nSPS) is 27.0. The number of fused-ring (bicyclic) bond motifs is 1. The molecule has 1 aromatic carbocycles. The number of carbonyl (C=O) groups is 2. The molecule has 0 heterocycles. The van der Waals surface area contributed by atoms with Gasteiger partial charge in [0.2, 0.25) is 0 Å². The Labute approximate surface area is 225 Å². The van der Waals surface area contributed by atoms with Gasteiger partial charge < -0.3 is 29.9 Å². The summed E-state index contributed by atoms with van der Waals surface area (Å²) in [6.45, 7) is 7.82. The molecule has 0 aliphatic heterocycles. The molecule has 0 saturated heterocycles. The Morgan fingerprint density at radius 3 is 2.45 bits per heavy atom. The molecule has 4 N–H and O–H groups in total. The fourth-order valence-corrected chi connectivity index (χ4v) is 5.74. The second-order valence-electron chi connectivity index (χ2n) is 10.8. The summed E-state index contributed by atoms with van der Waals surface area (Å²) in [7, 11) is 0. The van der Waals surface area contributed by atoms with Crippen LogP contribution in [0.4, 0.5) is 0 Å². The lowest BCUT2D eigenvalue weighted by Gasteiger charge is -2.43. The highest BCUT2D eigenvalue weighted by Gasteiger charge is 2.42. The second kappa shape index (κ2) is 13.4. The first-order valence-corrected chi connectivity index (χ1v) is 13.6. The van der Waals surface area contributed by atoms with Crippen LogP contribution in [-0.2, 0) is 14.3 Å². The van der Waals surface area contributed by atoms with Crippen LogP contribution in [0.1, 0.15) is 63.5 Å². The number of aliphatic hydroxyl groups excluding tert-OH is 3. The molecule has 2 aliphatic carbocycles. The van der Waals surface area contributed by atoms with Gasteiger partial charge in [0.1, 0.15) is 11.9 Å². The number of carbonyl (C=O) groups excluding carboxylic acids is 1. The number of aliphatic carboxylic acids is 1. The average molecular weight is 531 g/mol. The van der Waals surface area contributed by atoms with Crippen molar-refractivity contribution in [2.45, 2.75) is 96.7 Å². The van der Waals surface area contributed by atoms with Crippen molar-refractivity contribution in [3.8, 4) is 5.75 Å². The van der Waals surface area contributed by atoms with Gasteiger partial charge in [-0.2, -0.15) is 0 Å². The number of ether oxygens (including phenoxy) is 2. The Kier molecular flexibility index (Phi) is 10.5. The van der Waals surface area contributed by atoms with Crippen molar-refractivity contribution >= 4 is 11.9 Å². The SMILES string of the molecule is CCC(Oc1c(C)cccc1C)C(=O)O[C@H]1C[C@H](O)C=C2C=C[C@H](C)[C@H](CC[C@@H](O)C[C@@H](O)CC(=O)O)[C@H]21. The lowest BCUT2D eigenvalue weighted by atomic mass is 9.66. The summed E-state index contributed by atoms with van der Waals surface area (Å²) in [6, 6.07) is 5.81. The zero-order valence-corrected chi connectivity index (χ0v) is 22.7. The Bertz CT molecular complexity index is 1010. The highest BCUT2D eigenvalue weighted by Crippen LogP contribution is 2.44. The van der Waals surface area contributed by atoms with Gasteiger partial charge in [-0.25, -0.2) is 4.79 Å². The number of carboxylic acid groups (broad SMARTS) is 1. The monoisotopic (exact) mass is 530 g/mol. The molecule has 0 aromatic heterocycles. The van der Waals surface area contributed by atoms with Crippen LogP contribution in [0.2, 0.25) is 0 Å². The van der Waals surface area contributed by atoms with Gasteiger partial charge >= 0.3 is 11.9 Å². The molecule has 2 aliphatic rings. The van der Waals surface area contributed by atoms with Crippen LogP contribution < -0.4 is 4.74 Å². The van der Waals surface area contributed by atoms with Crippen LogP contribution in [0, 0.1) is 31.6 Å². The third-order valence-electron chi connectivity index (χ3n) is 7.73. The largest absolute Gasteiger partial charge is 0.481 e. The molecule has 0 amide bonds. The molecule has 1 aromatic rings. The first-order valence-electron chi connectivity index (χ1n) is 13.6. The number of para-hydroxylation sites is 1. The van der Waals surface area contributed by atoms with E-state index in [2.05, 4.69) is 13.0 Å². The molecule has 0 saturated carbocycles. The van der Waals surface area contributed by atoms with E-state index < -0.39 is 48.9 Å². The predicted molar refractivity (Wildman–Crippen MR) is 143 cm³/mol. The van der Waals surface area contributed by atoms with E-state index in [1.54, 1.807) is 0 Å². The van der Waals surface area contributed by atoms with Gasteiger partial charge in [0, 0.05) is 12.3 Å². The zero-order chi connectivity index (χ0) is 28.0. The molecule has 210 valence electrons. The van der Waals surface area contributed by atoms with Crippen LogP contribution in [0.25, 0.3) is 0 Å². The molecule has 8 heteroatoms. The fraction of sp³-hybridized carbons (Fsp3) is 0.600. The van der Waals surface area contributed by atoms with Gasteiger partial charge in [0.05, 0.1) is 24.7 Å². The van der Waals surface area contributed by atoms with Crippen LogP contribution in [0.3, 0.4) is 0 Å². The summed E-state index contributed by atoms with van der Waals surface area (Å²) >= 11 is 0. The third kappa shape index (κ3) is 7.68. The summed E-state index contributed by atoms with van der Waals surface area (Å²) in [5, 5.41) is 39.7. The van der Waals surface area contributed by atoms with E-state index in [4.69, 9.17) is 14.6 Å². The summed E-state index contributed by atoms with van der Waals surface area (Å²) in [4.78, 5) is 24.2. The number of esters is 1. The number of aryl methyl sites for hydroxylation is 2. The topological polar surface area (TPSA) is 134 Å². The summed E-state index contributed by atoms with van der Waals surface area (Å²) in [5.41, 5.74) is 2.79. The Morgan fingerprint density at radius 1 is 1.13 bits per heavy atom. The van der Waals surface area contributed by atoms with E-state index in [-0.39, 0.29) is 30.6 Å². The average Bonchev–Trinajstić information content (AvgIpc) is 2.82. The summed E-state index contributed by atoms with van der Waals surface area (Å²) < 4.78 is 12.2. The molecular formula is C30H42O8. The fourth-order valence-electron chi connectivity index (χ4n) is 5.74. The van der Waals surface area contributed by atoms with Crippen LogP contribution >= 0.6 is 0 Å². The quantitative estimate of drug-likeness (QED) is 0.299. The lowest BCUT2D eigenvalue weighted by molar-refractivity contribution is -0.163. The molecule has 0 spiro atoms. The number of hydrogen-bond donors (Lipinski definition) is 4. The van der Waals surface area contributed by atoms with Crippen LogP contribution in [0.15, 0.2) is 42.0 Å². The minimum Gasteiger partial charge on any atom is -0.481 e. The molecule has 0 fully saturated rings. The highest BCUT2D eigenvalue weighted by atomic mass is 16.6. The highest BCUT2D eigenvalue weighted by molar-refractivity contribution is 5.75. The van der Waals surface area contributed by atoms with Crippen LogP contribution in [-0.4, -0.2) is 62.9 Å². The first-order chi connectivity index (χ1) is 18.0. The summed E-state index contributed by atoms with van der Waals surface area (Å²) in [5.74, 6) is -0.891. The standard InChI is InChI=1S/C30H42O8/c1-5-25(37-29-18(3)7-6-8-19(29)4)30(36)38-26-15-22(32)13-20-10-9-17(2)24(28(20)26)12-11-21(31)14-23(33)16-27(34)35/h6-10,13,17,21-26,28,31-33H,5,11-12,14-16H2,1-4H3,(H,34,35)/t17-,21+,22+,23+,24-,25?,26-,28-/m0/s1. The van der Waals surface area contributed by atoms with E-state index in [9.17, 15) is 24.9 Å². The van der Waals surface area contributed by atoms with E-state index in [0.717, 1.165) is 16.7 Å². The minimum atomic E-state index is -1.11. The number of allylic oxidation sites excluding steroid dienone is 2. The van der Waals surface area contributed by atoms with Crippen molar-refractivity contribution in [2.24, 2.45) is 17.8 Å². The van der Waals surface area contributed by atoms with Crippen molar-refractivity contribution in [1.29, 1.82) is 0 Å². The second-order valence-corrected chi connectivity index (χ2v) is 10.8. The minimum absolute atomic E-state index is 0.0123. The molecular weight excluding hydrogens is 488 g/mol. The summed E-state index contributed by atoms with van der Waals surface area (Å²) in [6.07, 6.45) is 3.06. The molecule has 1 unspecified atom stereocenters. The molecule has 0 radical (unpaired) electrons. The van der Waals surface area contributed by atoms with Gasteiger partial charge in [-0.3, -0.25) is 4.79 Å². The van der Waals surface area contributed by atoms with Gasteiger partial charge in [0.15, 0.2) is 6.10 Å². The van der Waals surface area contributed by atoms with E-state index >= 15 is 0 Å². The van der Waals surface area contributed by atoms with E-state index in [0.29, 0.717) is 25.0 Å². The zero-order valence-electron chi connectivity index (χ0n) is 22.7. The smallest absolute Gasteiger partial charge is 0.347 e. The maximum Gasteiger partial charge on any atom is 0.347 e. The van der Waals surface area contributed by atoms with E-state index in [1.165, 1.54) is 0 Å². The maximum atomic E-state index is 13.3. The number of carboxylic acids is 1.